The second-order valence-corrected chi connectivity index (χ2v) is 7.19. The third-order valence-electron chi connectivity index (χ3n) is 5.18. The van der Waals surface area contributed by atoms with Crippen LogP contribution in [0.3, 0.4) is 0 Å². The molecular weight excluding hydrogens is 366 g/mol. The zero-order valence-electron chi connectivity index (χ0n) is 15.5. The van der Waals surface area contributed by atoms with Gasteiger partial charge in [-0.25, -0.2) is 4.79 Å². The number of fused-ring (bicyclic) bond motifs is 1. The average molecular weight is 388 g/mol. The predicted molar refractivity (Wildman–Crippen MR) is 101 cm³/mol. The van der Waals surface area contributed by atoms with Gasteiger partial charge >= 0.3 is 12.6 Å². The van der Waals surface area contributed by atoms with Crippen LogP contribution in [0, 0.1) is 0 Å². The second-order valence-electron chi connectivity index (χ2n) is 7.19. The summed E-state index contributed by atoms with van der Waals surface area (Å²) in [6.07, 6.45) is 0.111. The minimum absolute atomic E-state index is 0.0798. The molecule has 2 heterocycles. The fourth-order valence-electron chi connectivity index (χ4n) is 3.78. The van der Waals surface area contributed by atoms with Crippen LogP contribution >= 0.6 is 0 Å². The SMILES string of the molecule is C[C@H]1CN(c2ccc3c(c2)C(=O)OC(c2ccc(OC(F)F)cc2)C3)CCN1. The number of carbonyl (C=O) groups is 1. The monoisotopic (exact) mass is 388 g/mol. The van der Waals surface area contributed by atoms with Gasteiger partial charge in [0, 0.05) is 37.8 Å². The molecule has 0 aromatic heterocycles. The van der Waals surface area contributed by atoms with Crippen LogP contribution in [0.2, 0.25) is 0 Å². The van der Waals surface area contributed by atoms with E-state index in [1.165, 1.54) is 12.1 Å². The Bertz CT molecular complexity index is 857. The lowest BCUT2D eigenvalue weighted by atomic mass is 9.94. The molecule has 2 aliphatic rings. The number of anilines is 1. The van der Waals surface area contributed by atoms with E-state index in [1.54, 1.807) is 12.1 Å². The van der Waals surface area contributed by atoms with Gasteiger partial charge in [-0.15, -0.1) is 0 Å². The van der Waals surface area contributed by atoms with Crippen molar-refractivity contribution in [2.75, 3.05) is 24.5 Å². The van der Waals surface area contributed by atoms with Crippen molar-refractivity contribution in [3.63, 3.8) is 0 Å². The molecule has 2 atom stereocenters. The normalized spacial score (nSPS) is 22.0. The molecule has 148 valence electrons. The lowest BCUT2D eigenvalue weighted by Gasteiger charge is -2.34. The summed E-state index contributed by atoms with van der Waals surface area (Å²) in [4.78, 5) is 14.9. The van der Waals surface area contributed by atoms with Gasteiger partial charge in [0.2, 0.25) is 0 Å². The van der Waals surface area contributed by atoms with E-state index in [2.05, 4.69) is 21.9 Å². The van der Waals surface area contributed by atoms with Crippen LogP contribution in [0.25, 0.3) is 0 Å². The fraction of sp³-hybridized carbons (Fsp3) is 0.381. The van der Waals surface area contributed by atoms with Crippen LogP contribution in [-0.2, 0) is 11.2 Å². The number of ether oxygens (including phenoxy) is 2. The van der Waals surface area contributed by atoms with Gasteiger partial charge in [-0.2, -0.15) is 8.78 Å². The number of carbonyl (C=O) groups excluding carboxylic acids is 1. The van der Waals surface area contributed by atoms with Gasteiger partial charge in [0.15, 0.2) is 0 Å². The van der Waals surface area contributed by atoms with E-state index in [-0.39, 0.29) is 11.7 Å². The maximum atomic E-state index is 12.6. The summed E-state index contributed by atoms with van der Waals surface area (Å²) in [7, 11) is 0. The number of nitrogens with zero attached hydrogens (tertiary/aromatic N) is 1. The highest BCUT2D eigenvalue weighted by Crippen LogP contribution is 2.33. The summed E-state index contributed by atoms with van der Waals surface area (Å²) in [5, 5.41) is 3.41. The van der Waals surface area contributed by atoms with Crippen LogP contribution in [0.15, 0.2) is 42.5 Å². The molecule has 5 nitrogen and oxygen atoms in total. The highest BCUT2D eigenvalue weighted by Gasteiger charge is 2.28. The molecule has 1 N–H and O–H groups in total. The third-order valence-corrected chi connectivity index (χ3v) is 5.18. The van der Waals surface area contributed by atoms with Crippen molar-refractivity contribution in [1.29, 1.82) is 0 Å². The largest absolute Gasteiger partial charge is 0.454 e. The molecule has 1 unspecified atom stereocenters. The first-order valence-electron chi connectivity index (χ1n) is 9.36. The van der Waals surface area contributed by atoms with Crippen molar-refractivity contribution in [1.82, 2.24) is 5.32 Å². The molecule has 1 saturated heterocycles. The van der Waals surface area contributed by atoms with Gasteiger partial charge in [-0.1, -0.05) is 18.2 Å². The standard InChI is InChI=1S/C21H22F2N2O3/c1-13-12-25(9-8-24-13)16-5-2-15-10-19(28-20(26)18(15)11-16)14-3-6-17(7-4-14)27-21(22)23/h2-7,11,13,19,21,24H,8-10,12H2,1H3/t13-,19?/m0/s1. The van der Waals surface area contributed by atoms with Crippen molar-refractivity contribution in [3.05, 3.63) is 59.2 Å². The van der Waals surface area contributed by atoms with Gasteiger partial charge in [-0.3, -0.25) is 0 Å². The van der Waals surface area contributed by atoms with Gasteiger partial charge in [0.1, 0.15) is 11.9 Å². The van der Waals surface area contributed by atoms with E-state index >= 15 is 0 Å². The van der Waals surface area contributed by atoms with Gasteiger partial charge in [0.25, 0.3) is 0 Å². The van der Waals surface area contributed by atoms with Crippen LogP contribution in [0.5, 0.6) is 5.75 Å². The Morgan fingerprint density at radius 3 is 2.71 bits per heavy atom. The minimum Gasteiger partial charge on any atom is -0.454 e. The van der Waals surface area contributed by atoms with Crippen molar-refractivity contribution in [2.24, 2.45) is 0 Å². The molecule has 2 aromatic rings. The molecule has 0 saturated carbocycles. The van der Waals surface area contributed by atoms with Gasteiger partial charge in [0.05, 0.1) is 5.56 Å². The molecule has 0 radical (unpaired) electrons. The highest BCUT2D eigenvalue weighted by atomic mass is 19.3. The maximum Gasteiger partial charge on any atom is 0.387 e. The number of nitrogens with one attached hydrogen (secondary N) is 1. The van der Waals surface area contributed by atoms with Crippen molar-refractivity contribution in [3.8, 4) is 5.75 Å². The lowest BCUT2D eigenvalue weighted by molar-refractivity contribution is -0.0498. The Balaban J connectivity index is 1.51. The molecule has 28 heavy (non-hydrogen) atoms. The number of hydrogen-bond acceptors (Lipinski definition) is 5. The molecular formula is C21H22F2N2O3. The number of rotatable bonds is 4. The van der Waals surface area contributed by atoms with Crippen LogP contribution in [0.1, 0.15) is 34.5 Å². The maximum absolute atomic E-state index is 12.6. The van der Waals surface area contributed by atoms with Gasteiger partial charge < -0.3 is 19.7 Å². The van der Waals surface area contributed by atoms with Crippen LogP contribution in [0.4, 0.5) is 14.5 Å². The number of benzene rings is 2. The number of esters is 1. The minimum atomic E-state index is -2.86. The molecule has 7 heteroatoms. The molecule has 0 aliphatic carbocycles. The summed E-state index contributed by atoms with van der Waals surface area (Å²) in [5.41, 5.74) is 3.30. The molecule has 0 spiro atoms. The van der Waals surface area contributed by atoms with E-state index in [0.29, 0.717) is 18.0 Å². The molecule has 1 fully saturated rings. The Labute approximate surface area is 162 Å². The summed E-state index contributed by atoms with van der Waals surface area (Å²) < 4.78 is 34.6. The Hall–Kier alpha value is -2.67. The number of cyclic esters (lactones) is 1. The van der Waals surface area contributed by atoms with Crippen molar-refractivity contribution < 1.29 is 23.0 Å². The highest BCUT2D eigenvalue weighted by molar-refractivity contribution is 5.93. The van der Waals surface area contributed by atoms with Crippen LogP contribution < -0.4 is 15.0 Å². The Morgan fingerprint density at radius 1 is 1.21 bits per heavy atom. The first kappa shape index (κ1) is 18.7. The van der Waals surface area contributed by atoms with Crippen molar-refractivity contribution >= 4 is 11.7 Å². The second kappa shape index (κ2) is 7.75. The van der Waals surface area contributed by atoms with Crippen LogP contribution in [-0.4, -0.2) is 38.3 Å². The number of piperazine rings is 1. The van der Waals surface area contributed by atoms with E-state index in [9.17, 15) is 13.6 Å². The van der Waals surface area contributed by atoms with Crippen molar-refractivity contribution in [2.45, 2.75) is 32.1 Å². The molecule has 0 bridgehead atoms. The zero-order valence-corrected chi connectivity index (χ0v) is 15.5. The first-order valence-corrected chi connectivity index (χ1v) is 9.36. The number of alkyl halides is 2. The van der Waals surface area contributed by atoms with E-state index < -0.39 is 12.7 Å². The van der Waals surface area contributed by atoms with Gasteiger partial charge in [-0.05, 0) is 42.3 Å². The zero-order chi connectivity index (χ0) is 19.7. The fourth-order valence-corrected chi connectivity index (χ4v) is 3.78. The summed E-state index contributed by atoms with van der Waals surface area (Å²) in [6.45, 7) is 1.98. The third kappa shape index (κ3) is 3.94. The smallest absolute Gasteiger partial charge is 0.387 e. The summed E-state index contributed by atoms with van der Waals surface area (Å²) in [5.74, 6) is -0.277. The first-order chi connectivity index (χ1) is 13.5. The molecule has 2 aromatic carbocycles. The lowest BCUT2D eigenvalue weighted by Crippen LogP contribution is -2.49. The predicted octanol–water partition coefficient (Wildman–Crippen LogP) is 3.54. The summed E-state index contributed by atoms with van der Waals surface area (Å²) >= 11 is 0. The molecule has 4 rings (SSSR count). The Kier molecular flexibility index (Phi) is 5.17. The quantitative estimate of drug-likeness (QED) is 0.812. The topological polar surface area (TPSA) is 50.8 Å². The Morgan fingerprint density at radius 2 is 2.00 bits per heavy atom. The number of hydrogen-bond donors (Lipinski definition) is 1. The average Bonchev–Trinajstić information content (AvgIpc) is 2.68. The van der Waals surface area contributed by atoms with E-state index in [4.69, 9.17) is 4.74 Å². The van der Waals surface area contributed by atoms with E-state index in [1.807, 2.05) is 18.2 Å². The number of halogens is 2. The van der Waals surface area contributed by atoms with E-state index in [0.717, 1.165) is 36.4 Å². The summed E-state index contributed by atoms with van der Waals surface area (Å²) in [6, 6.07) is 12.6. The molecule has 2 aliphatic heterocycles. The molecule has 0 amide bonds.